The van der Waals surface area contributed by atoms with E-state index in [4.69, 9.17) is 0 Å². The molecule has 0 fully saturated rings. The lowest BCUT2D eigenvalue weighted by molar-refractivity contribution is 0.306. The van der Waals surface area contributed by atoms with Gasteiger partial charge in [-0.3, -0.25) is 4.79 Å². The van der Waals surface area contributed by atoms with Gasteiger partial charge in [0.15, 0.2) is 0 Å². The van der Waals surface area contributed by atoms with E-state index >= 15 is 0 Å². The Bertz CT molecular complexity index is 729. The van der Waals surface area contributed by atoms with Gasteiger partial charge in [0.05, 0.1) is 0 Å². The normalized spacial score (nSPS) is 20.7. The molecule has 0 saturated heterocycles. The lowest BCUT2D eigenvalue weighted by Gasteiger charge is -2.32. The topological polar surface area (TPSA) is 22.0 Å². The van der Waals surface area contributed by atoms with Crippen molar-refractivity contribution in [2.24, 2.45) is 5.92 Å². The summed E-state index contributed by atoms with van der Waals surface area (Å²) < 4.78 is 2.05. The Hall–Kier alpha value is -1.83. The summed E-state index contributed by atoms with van der Waals surface area (Å²) in [6.07, 6.45) is 3.48. The van der Waals surface area contributed by atoms with Gasteiger partial charge in [0.25, 0.3) is 5.56 Å². The monoisotopic (exact) mass is 295 g/mol. The molecule has 1 aromatic carbocycles. The molecule has 22 heavy (non-hydrogen) atoms. The number of pyridine rings is 1. The van der Waals surface area contributed by atoms with Crippen LogP contribution in [0.5, 0.6) is 0 Å². The van der Waals surface area contributed by atoms with E-state index in [2.05, 4.69) is 39.0 Å². The smallest absolute Gasteiger partial charge is 0.258 e. The first kappa shape index (κ1) is 15.1. The largest absolute Gasteiger partial charge is 0.312 e. The number of aromatic nitrogens is 1. The fourth-order valence-electron chi connectivity index (χ4n) is 3.70. The molecule has 2 nitrogen and oxygen atoms in total. The average molecular weight is 295 g/mol. The molecule has 0 saturated carbocycles. The number of rotatable bonds is 3. The number of hydrogen-bond acceptors (Lipinski definition) is 1. The molecule has 2 atom stereocenters. The number of benzene rings is 1. The Kier molecular flexibility index (Phi) is 4.19. The maximum absolute atomic E-state index is 13.0. The molecule has 2 heterocycles. The van der Waals surface area contributed by atoms with Gasteiger partial charge in [-0.15, -0.1) is 0 Å². The molecule has 1 aliphatic heterocycles. The van der Waals surface area contributed by atoms with E-state index in [0.29, 0.717) is 11.8 Å². The van der Waals surface area contributed by atoms with Crippen LogP contribution in [0.2, 0.25) is 0 Å². The van der Waals surface area contributed by atoms with E-state index in [9.17, 15) is 4.79 Å². The van der Waals surface area contributed by atoms with Crippen LogP contribution in [-0.4, -0.2) is 4.57 Å². The van der Waals surface area contributed by atoms with E-state index in [1.165, 1.54) is 17.7 Å². The maximum atomic E-state index is 13.0. The molecule has 0 bridgehead atoms. The van der Waals surface area contributed by atoms with Crippen molar-refractivity contribution in [3.05, 3.63) is 58.0 Å². The molecule has 2 aromatic rings. The van der Waals surface area contributed by atoms with Gasteiger partial charge in [0, 0.05) is 17.8 Å². The third kappa shape index (κ3) is 2.63. The van der Waals surface area contributed by atoms with Crippen molar-refractivity contribution in [3.63, 3.8) is 0 Å². The van der Waals surface area contributed by atoms with Crippen molar-refractivity contribution >= 4 is 0 Å². The van der Waals surface area contributed by atoms with Crippen LogP contribution in [0.1, 0.15) is 50.3 Å². The lowest BCUT2D eigenvalue weighted by Crippen LogP contribution is -2.33. The summed E-state index contributed by atoms with van der Waals surface area (Å²) in [6, 6.07) is 12.4. The van der Waals surface area contributed by atoms with Crippen molar-refractivity contribution in [2.75, 3.05) is 0 Å². The second kappa shape index (κ2) is 6.12. The second-order valence-electron chi connectivity index (χ2n) is 6.57. The maximum Gasteiger partial charge on any atom is 0.258 e. The van der Waals surface area contributed by atoms with Gasteiger partial charge in [0.2, 0.25) is 0 Å². The van der Waals surface area contributed by atoms with Crippen LogP contribution >= 0.6 is 0 Å². The van der Waals surface area contributed by atoms with Crippen molar-refractivity contribution < 1.29 is 0 Å². The third-order valence-corrected chi connectivity index (χ3v) is 5.08. The highest BCUT2D eigenvalue weighted by Crippen LogP contribution is 2.34. The van der Waals surface area contributed by atoms with E-state index in [0.717, 1.165) is 30.5 Å². The number of hydrogen-bond donors (Lipinski definition) is 0. The van der Waals surface area contributed by atoms with Crippen LogP contribution in [0.25, 0.3) is 11.1 Å². The molecule has 116 valence electrons. The molecule has 0 radical (unpaired) electrons. The number of nitrogens with zero attached hydrogens (tertiary/aromatic N) is 1. The SMILES string of the molecule is CCC1CC(CC)c2ccc(-c3cccc(C)c3)c(=O)n2C1. The summed E-state index contributed by atoms with van der Waals surface area (Å²) in [6.45, 7) is 7.41. The zero-order valence-electron chi connectivity index (χ0n) is 13.8. The van der Waals surface area contributed by atoms with Gasteiger partial charge in [-0.05, 0) is 49.3 Å². The Morgan fingerprint density at radius 3 is 2.64 bits per heavy atom. The molecule has 2 heteroatoms. The Morgan fingerprint density at radius 2 is 1.95 bits per heavy atom. The lowest BCUT2D eigenvalue weighted by atomic mass is 9.84. The zero-order chi connectivity index (χ0) is 15.7. The van der Waals surface area contributed by atoms with Gasteiger partial charge in [0.1, 0.15) is 0 Å². The first-order valence-electron chi connectivity index (χ1n) is 8.44. The highest BCUT2D eigenvalue weighted by molar-refractivity contribution is 5.63. The minimum atomic E-state index is 0.180. The fraction of sp³-hybridized carbons (Fsp3) is 0.450. The minimum Gasteiger partial charge on any atom is -0.312 e. The first-order chi connectivity index (χ1) is 10.6. The summed E-state index contributed by atoms with van der Waals surface area (Å²) in [5.74, 6) is 1.15. The second-order valence-corrected chi connectivity index (χ2v) is 6.57. The van der Waals surface area contributed by atoms with Gasteiger partial charge < -0.3 is 4.57 Å². The van der Waals surface area contributed by atoms with E-state index in [1.54, 1.807) is 0 Å². The van der Waals surface area contributed by atoms with Crippen LogP contribution < -0.4 is 5.56 Å². The van der Waals surface area contributed by atoms with Gasteiger partial charge >= 0.3 is 0 Å². The standard InChI is InChI=1S/C20H25NO/c1-4-15-12-16(5-2)19-10-9-18(20(22)21(19)13-15)17-8-6-7-14(3)11-17/h6-11,15-16H,4-5,12-13H2,1-3H3. The molecular formula is C20H25NO. The molecule has 1 aliphatic rings. The van der Waals surface area contributed by atoms with Crippen LogP contribution in [0, 0.1) is 12.8 Å². The summed E-state index contributed by atoms with van der Waals surface area (Å²) in [7, 11) is 0. The van der Waals surface area contributed by atoms with Crippen molar-refractivity contribution in [2.45, 2.75) is 52.5 Å². The summed E-state index contributed by atoms with van der Waals surface area (Å²) in [4.78, 5) is 13.0. The van der Waals surface area contributed by atoms with Crippen LogP contribution in [0.4, 0.5) is 0 Å². The van der Waals surface area contributed by atoms with Gasteiger partial charge in [-0.2, -0.15) is 0 Å². The molecule has 0 amide bonds. The number of aryl methyl sites for hydroxylation is 1. The van der Waals surface area contributed by atoms with Crippen molar-refractivity contribution in [1.29, 1.82) is 0 Å². The highest BCUT2D eigenvalue weighted by Gasteiger charge is 2.26. The van der Waals surface area contributed by atoms with Crippen LogP contribution in [0.3, 0.4) is 0 Å². The number of fused-ring (bicyclic) bond motifs is 1. The minimum absolute atomic E-state index is 0.180. The summed E-state index contributed by atoms with van der Waals surface area (Å²) in [5, 5.41) is 0. The van der Waals surface area contributed by atoms with Crippen molar-refractivity contribution in [3.8, 4) is 11.1 Å². The molecule has 0 aliphatic carbocycles. The quantitative estimate of drug-likeness (QED) is 0.801. The van der Waals surface area contributed by atoms with Gasteiger partial charge in [-0.1, -0.05) is 50.1 Å². The summed E-state index contributed by atoms with van der Waals surface area (Å²) >= 11 is 0. The van der Waals surface area contributed by atoms with E-state index < -0.39 is 0 Å². The first-order valence-corrected chi connectivity index (χ1v) is 8.44. The van der Waals surface area contributed by atoms with E-state index in [-0.39, 0.29) is 5.56 Å². The summed E-state index contributed by atoms with van der Waals surface area (Å²) in [5.41, 5.74) is 4.47. The predicted octanol–water partition coefficient (Wildman–Crippen LogP) is 4.75. The molecule has 3 rings (SSSR count). The molecule has 1 aromatic heterocycles. The highest BCUT2D eigenvalue weighted by atomic mass is 16.1. The molecule has 2 unspecified atom stereocenters. The average Bonchev–Trinajstić information content (AvgIpc) is 2.54. The van der Waals surface area contributed by atoms with Crippen LogP contribution in [-0.2, 0) is 6.54 Å². The Balaban J connectivity index is 2.12. The Morgan fingerprint density at radius 1 is 1.14 bits per heavy atom. The fourth-order valence-corrected chi connectivity index (χ4v) is 3.70. The van der Waals surface area contributed by atoms with Gasteiger partial charge in [-0.25, -0.2) is 0 Å². The Labute approximate surface area is 132 Å². The van der Waals surface area contributed by atoms with Crippen LogP contribution in [0.15, 0.2) is 41.2 Å². The molecule has 0 spiro atoms. The predicted molar refractivity (Wildman–Crippen MR) is 92.3 cm³/mol. The van der Waals surface area contributed by atoms with E-state index in [1.807, 2.05) is 22.8 Å². The van der Waals surface area contributed by atoms with Crippen molar-refractivity contribution in [1.82, 2.24) is 4.57 Å². The third-order valence-electron chi connectivity index (χ3n) is 5.08. The zero-order valence-corrected chi connectivity index (χ0v) is 13.8. The molecule has 0 N–H and O–H groups in total. The molecular weight excluding hydrogens is 270 g/mol.